The van der Waals surface area contributed by atoms with Gasteiger partial charge >= 0.3 is 12.0 Å². The van der Waals surface area contributed by atoms with Crippen LogP contribution in [0.5, 0.6) is 0 Å². The zero-order valence-electron chi connectivity index (χ0n) is 9.96. The van der Waals surface area contributed by atoms with Crippen LogP contribution >= 0.6 is 11.3 Å². The fourth-order valence-corrected chi connectivity index (χ4v) is 2.68. The van der Waals surface area contributed by atoms with Crippen LogP contribution < -0.4 is 5.32 Å². The van der Waals surface area contributed by atoms with E-state index in [1.807, 2.05) is 17.5 Å². The standard InChI is InChI=1S/C12H16N2O3S/c15-11(16)6-9-7-14(8-9)12(17)13-4-3-10-2-1-5-18-10/h1-2,5,9H,3-4,6-8H2,(H,13,17)(H,15,16). The van der Waals surface area contributed by atoms with Crippen molar-refractivity contribution < 1.29 is 14.7 Å². The largest absolute Gasteiger partial charge is 0.481 e. The number of nitrogens with one attached hydrogen (secondary N) is 1. The molecule has 98 valence electrons. The van der Waals surface area contributed by atoms with E-state index in [2.05, 4.69) is 5.32 Å². The van der Waals surface area contributed by atoms with E-state index < -0.39 is 5.97 Å². The molecule has 2 rings (SSSR count). The van der Waals surface area contributed by atoms with Crippen molar-refractivity contribution >= 4 is 23.3 Å². The minimum absolute atomic E-state index is 0.0896. The van der Waals surface area contributed by atoms with Crippen LogP contribution in [-0.4, -0.2) is 41.6 Å². The van der Waals surface area contributed by atoms with Crippen LogP contribution in [0, 0.1) is 5.92 Å². The molecule has 6 heteroatoms. The van der Waals surface area contributed by atoms with Crippen molar-refractivity contribution in [2.75, 3.05) is 19.6 Å². The predicted molar refractivity (Wildman–Crippen MR) is 68.7 cm³/mol. The summed E-state index contributed by atoms with van der Waals surface area (Å²) in [6.07, 6.45) is 0.995. The number of thiophene rings is 1. The van der Waals surface area contributed by atoms with Gasteiger partial charge < -0.3 is 15.3 Å². The summed E-state index contributed by atoms with van der Waals surface area (Å²) in [5, 5.41) is 13.5. The molecule has 1 aliphatic heterocycles. The number of urea groups is 1. The smallest absolute Gasteiger partial charge is 0.317 e. The third kappa shape index (κ3) is 3.46. The first kappa shape index (κ1) is 12.9. The molecule has 2 N–H and O–H groups in total. The topological polar surface area (TPSA) is 69.6 Å². The molecule has 1 saturated heterocycles. The predicted octanol–water partition coefficient (Wildman–Crippen LogP) is 1.41. The van der Waals surface area contributed by atoms with Gasteiger partial charge in [0.15, 0.2) is 0 Å². The van der Waals surface area contributed by atoms with Crippen molar-refractivity contribution in [2.24, 2.45) is 5.92 Å². The number of nitrogens with zero attached hydrogens (tertiary/aromatic N) is 1. The second kappa shape index (κ2) is 5.86. The number of carboxylic acids is 1. The molecule has 0 saturated carbocycles. The number of carboxylic acid groups (broad SMARTS) is 1. The Bertz CT molecular complexity index is 413. The van der Waals surface area contributed by atoms with Crippen LogP contribution in [0.15, 0.2) is 17.5 Å². The molecule has 5 nitrogen and oxygen atoms in total. The summed E-state index contributed by atoms with van der Waals surface area (Å²) in [5.41, 5.74) is 0. The first-order valence-electron chi connectivity index (χ1n) is 5.92. The molecule has 0 bridgehead atoms. The lowest BCUT2D eigenvalue weighted by Gasteiger charge is -2.38. The second-order valence-corrected chi connectivity index (χ2v) is 5.46. The lowest BCUT2D eigenvalue weighted by Crippen LogP contribution is -2.54. The Morgan fingerprint density at radius 3 is 2.89 bits per heavy atom. The van der Waals surface area contributed by atoms with Crippen molar-refractivity contribution in [3.05, 3.63) is 22.4 Å². The Morgan fingerprint density at radius 1 is 1.50 bits per heavy atom. The van der Waals surface area contributed by atoms with E-state index in [0.29, 0.717) is 19.6 Å². The van der Waals surface area contributed by atoms with Crippen LogP contribution in [0.3, 0.4) is 0 Å². The van der Waals surface area contributed by atoms with Gasteiger partial charge in [-0.3, -0.25) is 4.79 Å². The molecule has 0 atom stereocenters. The molecular formula is C12H16N2O3S. The molecule has 1 aliphatic rings. The lowest BCUT2D eigenvalue weighted by molar-refractivity contribution is -0.139. The van der Waals surface area contributed by atoms with Gasteiger partial charge in [-0.15, -0.1) is 11.3 Å². The van der Waals surface area contributed by atoms with Crippen molar-refractivity contribution in [1.29, 1.82) is 0 Å². The van der Waals surface area contributed by atoms with Gasteiger partial charge in [0, 0.05) is 30.4 Å². The van der Waals surface area contributed by atoms with Gasteiger partial charge in [-0.25, -0.2) is 4.79 Å². The van der Waals surface area contributed by atoms with E-state index in [4.69, 9.17) is 5.11 Å². The highest BCUT2D eigenvalue weighted by atomic mass is 32.1. The first-order valence-corrected chi connectivity index (χ1v) is 6.80. The molecule has 0 aromatic carbocycles. The molecule has 1 aromatic heterocycles. The third-order valence-corrected chi connectivity index (χ3v) is 3.87. The maximum atomic E-state index is 11.7. The van der Waals surface area contributed by atoms with E-state index in [-0.39, 0.29) is 18.4 Å². The van der Waals surface area contributed by atoms with Gasteiger partial charge in [0.05, 0.1) is 6.42 Å². The van der Waals surface area contributed by atoms with Crippen molar-refractivity contribution in [3.63, 3.8) is 0 Å². The molecule has 0 unspecified atom stereocenters. The SMILES string of the molecule is O=C(O)CC1CN(C(=O)NCCc2cccs2)C1. The Balaban J connectivity index is 1.60. The van der Waals surface area contributed by atoms with Crippen LogP contribution in [-0.2, 0) is 11.2 Å². The zero-order valence-corrected chi connectivity index (χ0v) is 10.8. The Morgan fingerprint density at radius 2 is 2.28 bits per heavy atom. The fraction of sp³-hybridized carbons (Fsp3) is 0.500. The van der Waals surface area contributed by atoms with Gasteiger partial charge in [0.2, 0.25) is 0 Å². The van der Waals surface area contributed by atoms with Gasteiger partial charge in [0.25, 0.3) is 0 Å². The normalized spacial score (nSPS) is 15.2. The lowest BCUT2D eigenvalue weighted by atomic mass is 9.97. The van der Waals surface area contributed by atoms with Crippen molar-refractivity contribution in [3.8, 4) is 0 Å². The summed E-state index contributed by atoms with van der Waals surface area (Å²) in [4.78, 5) is 25.0. The molecular weight excluding hydrogens is 252 g/mol. The number of carbonyl (C=O) groups is 2. The van der Waals surface area contributed by atoms with Crippen molar-refractivity contribution in [2.45, 2.75) is 12.8 Å². The Labute approximate surface area is 109 Å². The summed E-state index contributed by atoms with van der Waals surface area (Å²) in [6.45, 7) is 1.73. The second-order valence-electron chi connectivity index (χ2n) is 4.43. The molecule has 1 aromatic rings. The van der Waals surface area contributed by atoms with E-state index in [9.17, 15) is 9.59 Å². The monoisotopic (exact) mass is 268 g/mol. The van der Waals surface area contributed by atoms with Crippen molar-refractivity contribution in [1.82, 2.24) is 10.2 Å². The summed E-state index contributed by atoms with van der Waals surface area (Å²) < 4.78 is 0. The quantitative estimate of drug-likeness (QED) is 0.848. The molecule has 0 aliphatic carbocycles. The van der Waals surface area contributed by atoms with Gasteiger partial charge in [-0.05, 0) is 17.9 Å². The molecule has 2 heterocycles. The molecule has 1 fully saturated rings. The summed E-state index contributed by atoms with van der Waals surface area (Å²) in [7, 11) is 0. The maximum Gasteiger partial charge on any atom is 0.317 e. The molecule has 18 heavy (non-hydrogen) atoms. The van der Waals surface area contributed by atoms with Crippen LogP contribution in [0.1, 0.15) is 11.3 Å². The van der Waals surface area contributed by atoms with Gasteiger partial charge in [0.1, 0.15) is 0 Å². The van der Waals surface area contributed by atoms with Crippen LogP contribution in [0.4, 0.5) is 4.79 Å². The Hall–Kier alpha value is -1.56. The number of likely N-dealkylation sites (tertiary alicyclic amines) is 1. The molecule has 0 radical (unpaired) electrons. The van der Waals surface area contributed by atoms with E-state index in [0.717, 1.165) is 6.42 Å². The number of amides is 2. The molecule has 2 amide bonds. The average Bonchev–Trinajstić information content (AvgIpc) is 2.75. The highest BCUT2D eigenvalue weighted by Crippen LogP contribution is 2.18. The minimum Gasteiger partial charge on any atom is -0.481 e. The minimum atomic E-state index is -0.794. The van der Waals surface area contributed by atoms with Gasteiger partial charge in [-0.2, -0.15) is 0 Å². The Kier molecular flexibility index (Phi) is 4.19. The van der Waals surface area contributed by atoms with Crippen LogP contribution in [0.25, 0.3) is 0 Å². The maximum absolute atomic E-state index is 11.7. The highest BCUT2D eigenvalue weighted by molar-refractivity contribution is 7.09. The summed E-state index contributed by atoms with van der Waals surface area (Å²) in [5.74, 6) is -0.678. The number of hydrogen-bond donors (Lipinski definition) is 2. The molecule has 0 spiro atoms. The van der Waals surface area contributed by atoms with E-state index in [1.165, 1.54) is 4.88 Å². The third-order valence-electron chi connectivity index (χ3n) is 2.94. The van der Waals surface area contributed by atoms with E-state index in [1.54, 1.807) is 16.2 Å². The van der Waals surface area contributed by atoms with Crippen LogP contribution in [0.2, 0.25) is 0 Å². The summed E-state index contributed by atoms with van der Waals surface area (Å²) >= 11 is 1.68. The van der Waals surface area contributed by atoms with E-state index >= 15 is 0 Å². The average molecular weight is 268 g/mol. The fourth-order valence-electron chi connectivity index (χ4n) is 1.97. The highest BCUT2D eigenvalue weighted by Gasteiger charge is 2.31. The van der Waals surface area contributed by atoms with Gasteiger partial charge in [-0.1, -0.05) is 6.07 Å². The number of rotatable bonds is 5. The first-order chi connectivity index (χ1) is 8.65. The number of carbonyl (C=O) groups excluding carboxylic acids is 1. The zero-order chi connectivity index (χ0) is 13.0. The number of aliphatic carboxylic acids is 1. The summed E-state index contributed by atoms with van der Waals surface area (Å²) in [6, 6.07) is 3.95. The number of hydrogen-bond acceptors (Lipinski definition) is 3.